The Morgan fingerprint density at radius 2 is 2.06 bits per heavy atom. The average Bonchev–Trinajstić information content (AvgIpc) is 2.16. The van der Waals surface area contributed by atoms with Gasteiger partial charge >= 0.3 is 6.18 Å². The van der Waals surface area contributed by atoms with E-state index in [-0.39, 0.29) is 18.2 Å². The Kier molecular flexibility index (Phi) is 3.46. The van der Waals surface area contributed by atoms with Crippen LogP contribution < -0.4 is 4.74 Å². The summed E-state index contributed by atoms with van der Waals surface area (Å²) in [6.45, 7) is 2.88. The van der Waals surface area contributed by atoms with Gasteiger partial charge in [0.2, 0.25) is 11.7 Å². The quantitative estimate of drug-likeness (QED) is 0.751. The molecular formula is C9H9F3N2O2. The number of ether oxygens (including phenoxy) is 1. The second kappa shape index (κ2) is 4.46. The highest BCUT2D eigenvalue weighted by atomic mass is 19.4. The molecule has 0 aliphatic carbocycles. The third-order valence-electron chi connectivity index (χ3n) is 1.61. The van der Waals surface area contributed by atoms with E-state index in [1.165, 1.54) is 0 Å². The van der Waals surface area contributed by atoms with Crippen LogP contribution in [0.1, 0.15) is 30.2 Å². The molecule has 0 radical (unpaired) electrons. The molecule has 0 bridgehead atoms. The van der Waals surface area contributed by atoms with Crippen LogP contribution in [0.3, 0.4) is 0 Å². The zero-order chi connectivity index (χ0) is 12.3. The van der Waals surface area contributed by atoms with Crippen molar-refractivity contribution in [3.05, 3.63) is 17.6 Å². The third kappa shape index (κ3) is 2.91. The fraction of sp³-hybridized carbons (Fsp3) is 0.444. The highest BCUT2D eigenvalue weighted by Gasteiger charge is 2.36. The molecule has 1 aromatic rings. The number of halogens is 3. The molecule has 0 saturated carbocycles. The van der Waals surface area contributed by atoms with E-state index in [1.54, 1.807) is 6.92 Å². The monoisotopic (exact) mass is 234 g/mol. The highest BCUT2D eigenvalue weighted by molar-refractivity contribution is 5.92. The van der Waals surface area contributed by atoms with E-state index in [2.05, 4.69) is 9.97 Å². The molecule has 0 saturated heterocycles. The summed E-state index contributed by atoms with van der Waals surface area (Å²) in [5.74, 6) is -2.20. The van der Waals surface area contributed by atoms with Crippen molar-refractivity contribution in [3.63, 3.8) is 0 Å². The van der Waals surface area contributed by atoms with E-state index < -0.39 is 17.8 Å². The molecule has 0 N–H and O–H groups in total. The van der Waals surface area contributed by atoms with Gasteiger partial charge in [0.1, 0.15) is 5.69 Å². The number of aromatic nitrogens is 2. The SMILES string of the molecule is CCOc1cc(C(C)=O)nc(C(F)(F)F)n1. The van der Waals surface area contributed by atoms with E-state index >= 15 is 0 Å². The van der Waals surface area contributed by atoms with Crippen LogP contribution in [0.15, 0.2) is 6.07 Å². The molecule has 0 amide bonds. The molecule has 0 aliphatic rings. The average molecular weight is 234 g/mol. The Balaban J connectivity index is 3.24. The van der Waals surface area contributed by atoms with Crippen molar-refractivity contribution in [2.75, 3.05) is 6.61 Å². The van der Waals surface area contributed by atoms with E-state index in [4.69, 9.17) is 4.74 Å². The van der Waals surface area contributed by atoms with Crippen molar-refractivity contribution >= 4 is 5.78 Å². The maximum atomic E-state index is 12.4. The summed E-state index contributed by atoms with van der Waals surface area (Å²) in [7, 11) is 0. The van der Waals surface area contributed by atoms with Gasteiger partial charge in [-0.25, -0.2) is 4.98 Å². The molecule has 0 spiro atoms. The van der Waals surface area contributed by atoms with Crippen LogP contribution in [-0.2, 0) is 6.18 Å². The molecule has 0 aromatic carbocycles. The number of carbonyl (C=O) groups excluding carboxylic acids is 1. The highest BCUT2D eigenvalue weighted by Crippen LogP contribution is 2.27. The molecule has 1 heterocycles. The maximum absolute atomic E-state index is 12.4. The minimum atomic E-state index is -4.70. The molecule has 0 unspecified atom stereocenters. The van der Waals surface area contributed by atoms with Gasteiger partial charge in [0.15, 0.2) is 5.78 Å². The Bertz CT molecular complexity index is 404. The molecule has 1 rings (SSSR count). The van der Waals surface area contributed by atoms with Crippen LogP contribution in [0.5, 0.6) is 5.88 Å². The summed E-state index contributed by atoms with van der Waals surface area (Å²) in [4.78, 5) is 17.3. The zero-order valence-corrected chi connectivity index (χ0v) is 8.63. The third-order valence-corrected chi connectivity index (χ3v) is 1.61. The van der Waals surface area contributed by atoms with Crippen molar-refractivity contribution in [1.82, 2.24) is 9.97 Å². The smallest absolute Gasteiger partial charge is 0.451 e. The van der Waals surface area contributed by atoms with Gasteiger partial charge in [0.05, 0.1) is 6.61 Å². The number of hydrogen-bond acceptors (Lipinski definition) is 4. The van der Waals surface area contributed by atoms with Crippen molar-refractivity contribution in [2.45, 2.75) is 20.0 Å². The first kappa shape index (κ1) is 12.4. The van der Waals surface area contributed by atoms with Gasteiger partial charge in [-0.3, -0.25) is 4.79 Å². The number of rotatable bonds is 3. The lowest BCUT2D eigenvalue weighted by molar-refractivity contribution is -0.145. The fourth-order valence-corrected chi connectivity index (χ4v) is 0.954. The fourth-order valence-electron chi connectivity index (χ4n) is 0.954. The predicted octanol–water partition coefficient (Wildman–Crippen LogP) is 2.10. The Hall–Kier alpha value is -1.66. The van der Waals surface area contributed by atoms with Crippen molar-refractivity contribution in [2.24, 2.45) is 0 Å². The van der Waals surface area contributed by atoms with Gasteiger partial charge in [-0.1, -0.05) is 0 Å². The second-order valence-corrected chi connectivity index (χ2v) is 2.90. The van der Waals surface area contributed by atoms with Crippen LogP contribution in [0.25, 0.3) is 0 Å². The van der Waals surface area contributed by atoms with Gasteiger partial charge in [0, 0.05) is 13.0 Å². The summed E-state index contributed by atoms with van der Waals surface area (Å²) in [6.07, 6.45) is -4.70. The molecule has 0 fully saturated rings. The number of nitrogens with zero attached hydrogens (tertiary/aromatic N) is 2. The van der Waals surface area contributed by atoms with Crippen LogP contribution in [0.4, 0.5) is 13.2 Å². The lowest BCUT2D eigenvalue weighted by atomic mass is 10.3. The predicted molar refractivity (Wildman–Crippen MR) is 48.2 cm³/mol. The molecule has 7 heteroatoms. The molecule has 0 aliphatic heterocycles. The molecule has 1 aromatic heterocycles. The molecule has 16 heavy (non-hydrogen) atoms. The van der Waals surface area contributed by atoms with Crippen LogP contribution in [0.2, 0.25) is 0 Å². The lowest BCUT2D eigenvalue weighted by Crippen LogP contribution is -2.15. The Labute approximate surface area is 89.5 Å². The lowest BCUT2D eigenvalue weighted by Gasteiger charge is -2.08. The topological polar surface area (TPSA) is 52.1 Å². The summed E-state index contributed by atoms with van der Waals surface area (Å²) in [5.41, 5.74) is -0.314. The summed E-state index contributed by atoms with van der Waals surface area (Å²) in [5, 5.41) is 0. The first-order chi connectivity index (χ1) is 7.34. The number of carbonyl (C=O) groups is 1. The van der Waals surface area contributed by atoms with Gasteiger partial charge in [0.25, 0.3) is 0 Å². The first-order valence-electron chi connectivity index (χ1n) is 4.44. The Morgan fingerprint density at radius 3 is 2.50 bits per heavy atom. The largest absolute Gasteiger partial charge is 0.478 e. The minimum Gasteiger partial charge on any atom is -0.478 e. The van der Waals surface area contributed by atoms with E-state index in [9.17, 15) is 18.0 Å². The molecule has 4 nitrogen and oxygen atoms in total. The number of hydrogen-bond donors (Lipinski definition) is 0. The van der Waals surface area contributed by atoms with E-state index in [0.29, 0.717) is 0 Å². The summed E-state index contributed by atoms with van der Waals surface area (Å²) >= 11 is 0. The molecular weight excluding hydrogens is 225 g/mol. The number of Topliss-reactive ketones (excluding diaryl/α,β-unsaturated/α-hetero) is 1. The van der Waals surface area contributed by atoms with Crippen molar-refractivity contribution in [3.8, 4) is 5.88 Å². The zero-order valence-electron chi connectivity index (χ0n) is 8.63. The van der Waals surface area contributed by atoms with Crippen LogP contribution in [-0.4, -0.2) is 22.4 Å². The van der Waals surface area contributed by atoms with Gasteiger partial charge in [-0.05, 0) is 6.92 Å². The number of alkyl halides is 3. The van der Waals surface area contributed by atoms with Gasteiger partial charge in [-0.2, -0.15) is 18.2 Å². The van der Waals surface area contributed by atoms with Crippen LogP contribution >= 0.6 is 0 Å². The standard InChI is InChI=1S/C9H9F3N2O2/c1-3-16-7-4-6(5(2)15)13-8(14-7)9(10,11)12/h4H,3H2,1-2H3. The molecule has 88 valence electrons. The normalized spacial score (nSPS) is 11.3. The van der Waals surface area contributed by atoms with Crippen LogP contribution in [0, 0.1) is 0 Å². The number of ketones is 1. The van der Waals surface area contributed by atoms with Crippen molar-refractivity contribution in [1.29, 1.82) is 0 Å². The second-order valence-electron chi connectivity index (χ2n) is 2.90. The summed E-state index contributed by atoms with van der Waals surface area (Å²) in [6, 6.07) is 1.08. The molecule has 0 atom stereocenters. The minimum absolute atomic E-state index is 0.158. The van der Waals surface area contributed by atoms with E-state index in [0.717, 1.165) is 13.0 Å². The Morgan fingerprint density at radius 1 is 1.44 bits per heavy atom. The maximum Gasteiger partial charge on any atom is 0.451 e. The van der Waals surface area contributed by atoms with Gasteiger partial charge < -0.3 is 4.74 Å². The van der Waals surface area contributed by atoms with Gasteiger partial charge in [-0.15, -0.1) is 0 Å². The van der Waals surface area contributed by atoms with E-state index in [1.807, 2.05) is 0 Å². The van der Waals surface area contributed by atoms with Crippen molar-refractivity contribution < 1.29 is 22.7 Å². The first-order valence-corrected chi connectivity index (χ1v) is 4.44. The summed E-state index contributed by atoms with van der Waals surface area (Å²) < 4.78 is 41.9.